The highest BCUT2D eigenvalue weighted by Crippen LogP contribution is 2.34. The zero-order chi connectivity index (χ0) is 22.9. The molecule has 0 bridgehead atoms. The number of ether oxygens (including phenoxy) is 1. The van der Waals surface area contributed by atoms with Gasteiger partial charge in [-0.2, -0.15) is 0 Å². The van der Waals surface area contributed by atoms with Crippen LogP contribution in [0.4, 0.5) is 11.4 Å². The molecule has 0 aliphatic carbocycles. The fourth-order valence-electron chi connectivity index (χ4n) is 4.37. The molecule has 2 aliphatic heterocycles. The average molecular weight is 448 g/mol. The maximum absolute atomic E-state index is 10.9. The molecule has 4 heterocycles. The number of nitrogens with one attached hydrogen (secondary N) is 1. The highest BCUT2D eigenvalue weighted by molar-refractivity contribution is 5.63. The van der Waals surface area contributed by atoms with Crippen LogP contribution < -0.4 is 15.0 Å². The van der Waals surface area contributed by atoms with Crippen LogP contribution >= 0.6 is 0 Å². The number of aliphatic hydroxyl groups is 1. The predicted molar refractivity (Wildman–Crippen MR) is 127 cm³/mol. The SMILES string of the molecule is COc1nc(-c2nc3n(n2)CCCC3C(O)Nc2ccccc2)ccc1N1C=C(C)N(C)C1. The number of aryl methyl sites for hydroxylation is 1. The summed E-state index contributed by atoms with van der Waals surface area (Å²) in [7, 11) is 3.68. The first-order chi connectivity index (χ1) is 16.0. The van der Waals surface area contributed by atoms with Gasteiger partial charge in [0.05, 0.1) is 19.7 Å². The molecule has 1 aromatic carbocycles. The summed E-state index contributed by atoms with van der Waals surface area (Å²) < 4.78 is 7.50. The highest BCUT2D eigenvalue weighted by atomic mass is 16.5. The van der Waals surface area contributed by atoms with Gasteiger partial charge in [-0.1, -0.05) is 18.2 Å². The fourth-order valence-corrected chi connectivity index (χ4v) is 4.37. The first-order valence-electron chi connectivity index (χ1n) is 11.2. The molecule has 0 amide bonds. The molecule has 2 atom stereocenters. The summed E-state index contributed by atoms with van der Waals surface area (Å²) in [5.41, 5.74) is 3.60. The summed E-state index contributed by atoms with van der Waals surface area (Å²) in [6.45, 7) is 3.59. The number of rotatable bonds is 6. The van der Waals surface area contributed by atoms with Crippen molar-refractivity contribution in [3.8, 4) is 17.4 Å². The van der Waals surface area contributed by atoms with Crippen LogP contribution in [0, 0.1) is 0 Å². The zero-order valence-electron chi connectivity index (χ0n) is 19.1. The normalized spacial score (nSPS) is 18.7. The number of pyridine rings is 1. The molecule has 2 N–H and O–H groups in total. The van der Waals surface area contributed by atoms with E-state index in [0.29, 0.717) is 17.4 Å². The van der Waals surface area contributed by atoms with Crippen LogP contribution in [0.2, 0.25) is 0 Å². The van der Waals surface area contributed by atoms with Gasteiger partial charge < -0.3 is 25.0 Å². The van der Waals surface area contributed by atoms with Crippen LogP contribution in [0.5, 0.6) is 5.88 Å². The third kappa shape index (κ3) is 4.11. The van der Waals surface area contributed by atoms with Crippen molar-refractivity contribution < 1.29 is 9.84 Å². The van der Waals surface area contributed by atoms with E-state index in [0.717, 1.165) is 43.3 Å². The average Bonchev–Trinajstić information content (AvgIpc) is 3.42. The summed E-state index contributed by atoms with van der Waals surface area (Å²) in [6.07, 6.45) is 3.09. The number of para-hydroxylation sites is 1. The second-order valence-corrected chi connectivity index (χ2v) is 8.53. The first-order valence-corrected chi connectivity index (χ1v) is 11.2. The van der Waals surface area contributed by atoms with E-state index in [1.807, 2.05) is 47.1 Å². The minimum absolute atomic E-state index is 0.158. The molecule has 9 heteroatoms. The maximum Gasteiger partial charge on any atom is 0.238 e. The number of hydrogen-bond acceptors (Lipinski definition) is 8. The number of fused-ring (bicyclic) bond motifs is 1. The molecular formula is C24H29N7O2. The minimum atomic E-state index is -0.754. The van der Waals surface area contributed by atoms with Gasteiger partial charge in [-0.3, -0.25) is 0 Å². The van der Waals surface area contributed by atoms with E-state index >= 15 is 0 Å². The monoisotopic (exact) mass is 447 g/mol. The number of aliphatic hydroxyl groups excluding tert-OH is 1. The van der Waals surface area contributed by atoms with Crippen molar-refractivity contribution >= 4 is 11.4 Å². The molecule has 172 valence electrons. The van der Waals surface area contributed by atoms with Crippen LogP contribution in [0.15, 0.2) is 54.4 Å². The number of allylic oxidation sites excluding steroid dienone is 1. The first kappa shape index (κ1) is 21.3. The lowest BCUT2D eigenvalue weighted by Gasteiger charge is -2.27. The molecule has 0 radical (unpaired) electrons. The van der Waals surface area contributed by atoms with Crippen LogP contribution in [0.25, 0.3) is 11.5 Å². The Morgan fingerprint density at radius 3 is 2.70 bits per heavy atom. The molecule has 33 heavy (non-hydrogen) atoms. The van der Waals surface area contributed by atoms with Crippen LogP contribution in [0.3, 0.4) is 0 Å². The van der Waals surface area contributed by atoms with Gasteiger partial charge in [0.25, 0.3) is 0 Å². The Morgan fingerprint density at radius 2 is 1.97 bits per heavy atom. The van der Waals surface area contributed by atoms with Crippen LogP contribution in [-0.4, -0.2) is 56.8 Å². The van der Waals surface area contributed by atoms with Crippen molar-refractivity contribution in [1.29, 1.82) is 0 Å². The lowest BCUT2D eigenvalue weighted by atomic mass is 9.97. The lowest BCUT2D eigenvalue weighted by Crippen LogP contribution is -2.32. The summed E-state index contributed by atoms with van der Waals surface area (Å²) in [5.74, 6) is 1.69. The highest BCUT2D eigenvalue weighted by Gasteiger charge is 2.31. The molecule has 0 fully saturated rings. The standard InChI is InChI=1S/C24H29N7O2/c1-16-14-30(15-29(16)2)20-12-11-19(26-24(20)33-3)21-27-22-18(10-7-13-31(22)28-21)23(32)25-17-8-5-4-6-9-17/h4-6,8-9,11-12,14,18,23,25,32H,7,10,13,15H2,1-3H3. The van der Waals surface area contributed by atoms with Crippen molar-refractivity contribution in [3.63, 3.8) is 0 Å². The van der Waals surface area contributed by atoms with E-state index in [4.69, 9.17) is 19.8 Å². The summed E-state index contributed by atoms with van der Waals surface area (Å²) in [5, 5.41) is 18.8. The fraction of sp³-hybridized carbons (Fsp3) is 0.375. The van der Waals surface area contributed by atoms with E-state index in [-0.39, 0.29) is 5.92 Å². The van der Waals surface area contributed by atoms with E-state index in [1.54, 1.807) is 7.11 Å². The zero-order valence-corrected chi connectivity index (χ0v) is 19.1. The maximum atomic E-state index is 10.9. The minimum Gasteiger partial charge on any atom is -0.479 e. The van der Waals surface area contributed by atoms with Crippen molar-refractivity contribution in [3.05, 3.63) is 60.2 Å². The van der Waals surface area contributed by atoms with Crippen LogP contribution in [0.1, 0.15) is 31.5 Å². The third-order valence-corrected chi connectivity index (χ3v) is 6.27. The molecule has 2 aliphatic rings. The third-order valence-electron chi connectivity index (χ3n) is 6.27. The summed E-state index contributed by atoms with van der Waals surface area (Å²) in [6, 6.07) is 13.6. The van der Waals surface area contributed by atoms with E-state index in [1.165, 1.54) is 5.70 Å². The number of hydrogen-bond donors (Lipinski definition) is 2. The Morgan fingerprint density at radius 1 is 1.15 bits per heavy atom. The second kappa shape index (κ2) is 8.74. The number of anilines is 2. The van der Waals surface area contributed by atoms with Crippen molar-refractivity contribution in [1.82, 2.24) is 24.6 Å². The van der Waals surface area contributed by atoms with Gasteiger partial charge >= 0.3 is 0 Å². The quantitative estimate of drug-likeness (QED) is 0.557. The van der Waals surface area contributed by atoms with Crippen molar-refractivity contribution in [2.24, 2.45) is 0 Å². The number of aromatic nitrogens is 4. The topological polar surface area (TPSA) is 91.6 Å². The molecule has 2 unspecified atom stereocenters. The van der Waals surface area contributed by atoms with Crippen molar-refractivity contribution in [2.75, 3.05) is 31.0 Å². The Hall–Kier alpha value is -3.59. The largest absolute Gasteiger partial charge is 0.479 e. The van der Waals surface area contributed by atoms with Gasteiger partial charge in [0.1, 0.15) is 23.4 Å². The second-order valence-electron chi connectivity index (χ2n) is 8.53. The predicted octanol–water partition coefficient (Wildman–Crippen LogP) is 3.23. The molecule has 0 saturated heterocycles. The molecular weight excluding hydrogens is 418 g/mol. The van der Waals surface area contributed by atoms with Gasteiger partial charge in [-0.05, 0) is 44.0 Å². The lowest BCUT2D eigenvalue weighted by molar-refractivity contribution is 0.149. The number of nitrogens with zero attached hydrogens (tertiary/aromatic N) is 6. The van der Waals surface area contributed by atoms with Gasteiger partial charge in [-0.15, -0.1) is 5.10 Å². The van der Waals surface area contributed by atoms with Crippen LogP contribution in [-0.2, 0) is 6.54 Å². The number of methoxy groups -OCH3 is 1. The number of benzene rings is 1. The summed E-state index contributed by atoms with van der Waals surface area (Å²) >= 11 is 0. The van der Waals surface area contributed by atoms with Gasteiger partial charge in [0.15, 0.2) is 5.82 Å². The Balaban J connectivity index is 1.41. The molecule has 0 saturated carbocycles. The Labute approximate surface area is 193 Å². The van der Waals surface area contributed by atoms with E-state index < -0.39 is 6.23 Å². The van der Waals surface area contributed by atoms with Gasteiger partial charge in [0.2, 0.25) is 5.88 Å². The van der Waals surface area contributed by atoms with Crippen molar-refractivity contribution in [2.45, 2.75) is 38.5 Å². The summed E-state index contributed by atoms with van der Waals surface area (Å²) in [4.78, 5) is 13.8. The molecule has 5 rings (SSSR count). The van der Waals surface area contributed by atoms with E-state index in [9.17, 15) is 5.11 Å². The van der Waals surface area contributed by atoms with E-state index in [2.05, 4.69) is 35.3 Å². The Kier molecular flexibility index (Phi) is 5.63. The Bertz CT molecular complexity index is 1160. The molecule has 3 aromatic rings. The molecule has 2 aromatic heterocycles. The van der Waals surface area contributed by atoms with Gasteiger partial charge in [-0.25, -0.2) is 14.6 Å². The van der Waals surface area contributed by atoms with Gasteiger partial charge in [0, 0.05) is 31.2 Å². The molecule has 0 spiro atoms. The molecule has 9 nitrogen and oxygen atoms in total. The smallest absolute Gasteiger partial charge is 0.238 e.